The van der Waals surface area contributed by atoms with Crippen molar-refractivity contribution in [1.29, 1.82) is 0 Å². The van der Waals surface area contributed by atoms with Crippen LogP contribution in [0.3, 0.4) is 0 Å². The van der Waals surface area contributed by atoms with Crippen molar-refractivity contribution in [2.24, 2.45) is 0 Å². The standard InChI is InChI=1S/C2H8O7P2.4K/c1-2(3,10(4,5)6)11(7,8)9;;;;/h3H,1H3,(H2,4,5,6)(H2,7,8,9);;;;/q;4*+1/p-4. The van der Waals surface area contributed by atoms with E-state index < -0.39 is 20.3 Å². The molecule has 0 aromatic carbocycles. The van der Waals surface area contributed by atoms with E-state index in [0.29, 0.717) is 0 Å². The second kappa shape index (κ2) is 13.3. The Morgan fingerprint density at radius 1 is 0.867 bits per heavy atom. The van der Waals surface area contributed by atoms with Crippen molar-refractivity contribution >= 4 is 15.2 Å². The molecule has 0 bridgehead atoms. The van der Waals surface area contributed by atoms with E-state index in [4.69, 9.17) is 5.11 Å². The van der Waals surface area contributed by atoms with Crippen LogP contribution < -0.4 is 225 Å². The molecule has 68 valence electrons. The first-order valence-corrected chi connectivity index (χ1v) is 5.35. The second-order valence-electron chi connectivity index (χ2n) is 1.97. The van der Waals surface area contributed by atoms with E-state index in [9.17, 15) is 28.7 Å². The van der Waals surface area contributed by atoms with Gasteiger partial charge in [0.25, 0.3) is 0 Å². The second-order valence-corrected chi connectivity index (χ2v) is 6.05. The molecular weight excluding hydrogens is 354 g/mol. The number of hydrogen-bond donors (Lipinski definition) is 1. The van der Waals surface area contributed by atoms with Gasteiger partial charge in [-0.2, -0.15) is 0 Å². The molecule has 1 N–H and O–H groups in total. The van der Waals surface area contributed by atoms with Crippen molar-refractivity contribution in [3.8, 4) is 0 Å². The van der Waals surface area contributed by atoms with Crippen LogP contribution in [-0.2, 0) is 9.13 Å². The predicted octanol–water partition coefficient (Wildman–Crippen LogP) is -15.5. The van der Waals surface area contributed by atoms with Crippen LogP contribution in [-0.4, -0.2) is 10.2 Å². The predicted molar refractivity (Wildman–Crippen MR) is 25.8 cm³/mol. The Kier molecular flexibility index (Phi) is 29.6. The molecule has 0 fully saturated rings. The van der Waals surface area contributed by atoms with Crippen molar-refractivity contribution in [3.63, 3.8) is 0 Å². The monoisotopic (exact) mass is 358 g/mol. The molecule has 7 nitrogen and oxygen atoms in total. The number of hydrogen-bond acceptors (Lipinski definition) is 7. The zero-order valence-electron chi connectivity index (χ0n) is 9.29. The molecule has 0 aromatic rings. The van der Waals surface area contributed by atoms with Gasteiger partial charge in [-0.3, -0.25) is 0 Å². The van der Waals surface area contributed by atoms with E-state index in [1.807, 2.05) is 0 Å². The summed E-state index contributed by atoms with van der Waals surface area (Å²) in [6.45, 7) is 0.133. The minimum absolute atomic E-state index is 0. The van der Waals surface area contributed by atoms with Crippen LogP contribution in [0.15, 0.2) is 0 Å². The first kappa shape index (κ1) is 33.4. The molecule has 0 atom stereocenters. The summed E-state index contributed by atoms with van der Waals surface area (Å²) in [6, 6.07) is 0. The third kappa shape index (κ3) is 12.0. The van der Waals surface area contributed by atoms with E-state index in [0.717, 1.165) is 0 Å². The summed E-state index contributed by atoms with van der Waals surface area (Å²) >= 11 is 0. The van der Waals surface area contributed by atoms with Crippen LogP contribution in [0.1, 0.15) is 6.92 Å². The van der Waals surface area contributed by atoms with Gasteiger partial charge in [0.15, 0.2) is 0 Å². The van der Waals surface area contributed by atoms with Crippen molar-refractivity contribution in [2.45, 2.75) is 12.0 Å². The van der Waals surface area contributed by atoms with Gasteiger partial charge in [-0.05, 0) is 22.1 Å². The zero-order valence-corrected chi connectivity index (χ0v) is 23.6. The molecule has 0 aromatic heterocycles. The first-order chi connectivity index (χ1) is 4.50. The maximum atomic E-state index is 9.95. The molecule has 0 saturated carbocycles. The van der Waals surface area contributed by atoms with Gasteiger partial charge in [-0.25, -0.2) is 0 Å². The summed E-state index contributed by atoms with van der Waals surface area (Å²) in [5, 5.41) is 4.68. The van der Waals surface area contributed by atoms with E-state index in [1.165, 1.54) is 0 Å². The molecular formula is C2H4K4O7P2. The molecule has 0 amide bonds. The summed E-state index contributed by atoms with van der Waals surface area (Å²) in [6.07, 6.45) is 0. The Hall–Kier alpha value is 6.81. The zero-order chi connectivity index (χ0) is 9.50. The molecule has 13 heteroatoms. The van der Waals surface area contributed by atoms with Crippen LogP contribution in [0.25, 0.3) is 0 Å². The fourth-order valence-corrected chi connectivity index (χ4v) is 1.35. The maximum Gasteiger partial charge on any atom is 1.00 e. The van der Waals surface area contributed by atoms with Gasteiger partial charge in [0.1, 0.15) is 5.08 Å². The van der Waals surface area contributed by atoms with Crippen LogP contribution in [0.5, 0.6) is 0 Å². The van der Waals surface area contributed by atoms with Gasteiger partial charge in [0, 0.05) is 0 Å². The van der Waals surface area contributed by atoms with Crippen molar-refractivity contribution in [3.05, 3.63) is 0 Å². The molecule has 0 saturated heterocycles. The van der Waals surface area contributed by atoms with Gasteiger partial charge < -0.3 is 33.8 Å². The average Bonchev–Trinajstić information content (AvgIpc) is 1.58. The Morgan fingerprint density at radius 3 is 1.00 bits per heavy atom. The topological polar surface area (TPSA) is 147 Å². The molecule has 0 rings (SSSR count). The van der Waals surface area contributed by atoms with Crippen molar-refractivity contribution < 1.29 is 239 Å². The smallest absolute Gasteiger partial charge is 0.808 e. The minimum atomic E-state index is -5.82. The summed E-state index contributed by atoms with van der Waals surface area (Å²) < 4.78 is 19.9. The van der Waals surface area contributed by atoms with Gasteiger partial charge in [0.2, 0.25) is 0 Å². The molecule has 0 heterocycles. The van der Waals surface area contributed by atoms with E-state index in [1.54, 1.807) is 0 Å². The fraction of sp³-hybridized carbons (Fsp3) is 1.00. The van der Waals surface area contributed by atoms with Crippen LogP contribution in [0.4, 0.5) is 0 Å². The number of rotatable bonds is 2. The average molecular weight is 358 g/mol. The first-order valence-electron chi connectivity index (χ1n) is 2.27. The Labute approximate surface area is 258 Å². The van der Waals surface area contributed by atoms with Gasteiger partial charge in [-0.1, -0.05) is 0 Å². The minimum Gasteiger partial charge on any atom is -0.808 e. The van der Waals surface area contributed by atoms with E-state index >= 15 is 0 Å². The third-order valence-corrected chi connectivity index (χ3v) is 4.58. The molecule has 0 unspecified atom stereocenters. The van der Waals surface area contributed by atoms with E-state index in [2.05, 4.69) is 0 Å². The molecule has 0 aliphatic carbocycles. The number of aliphatic hydroxyl groups is 1. The fourth-order valence-electron chi connectivity index (χ4n) is 0.150. The molecule has 0 aliphatic heterocycles. The van der Waals surface area contributed by atoms with Crippen molar-refractivity contribution in [2.75, 3.05) is 0 Å². The molecule has 15 heavy (non-hydrogen) atoms. The van der Waals surface area contributed by atoms with Crippen LogP contribution in [0, 0.1) is 0 Å². The quantitative estimate of drug-likeness (QED) is 0.381. The molecule has 0 spiro atoms. The summed E-state index contributed by atoms with van der Waals surface area (Å²) in [7, 11) is -11.6. The van der Waals surface area contributed by atoms with E-state index in [-0.39, 0.29) is 212 Å². The Morgan fingerprint density at radius 2 is 1.00 bits per heavy atom. The molecule has 0 aliphatic rings. The van der Waals surface area contributed by atoms with Crippen LogP contribution in [0.2, 0.25) is 0 Å². The SMILES string of the molecule is CC(O)(P(=O)([O-])[O-])P(=O)([O-])[O-].[K+].[K+].[K+].[K+]. The Bertz CT molecular complexity index is 219. The summed E-state index contributed by atoms with van der Waals surface area (Å²) in [4.78, 5) is 39.8. The molecule has 0 radical (unpaired) electrons. The van der Waals surface area contributed by atoms with Gasteiger partial charge >= 0.3 is 206 Å². The normalized spacial score (nSPS) is 11.1. The van der Waals surface area contributed by atoms with Gasteiger partial charge in [0.05, 0.1) is 0 Å². The van der Waals surface area contributed by atoms with Crippen molar-refractivity contribution in [1.82, 2.24) is 0 Å². The van der Waals surface area contributed by atoms with Gasteiger partial charge in [-0.15, -0.1) is 0 Å². The Balaban J connectivity index is -0.0000000833. The summed E-state index contributed by atoms with van der Waals surface area (Å²) in [5.74, 6) is 0. The summed E-state index contributed by atoms with van der Waals surface area (Å²) in [5.41, 5.74) is 0. The maximum absolute atomic E-state index is 9.95. The largest absolute Gasteiger partial charge is 1.00 e. The third-order valence-electron chi connectivity index (χ3n) is 1.04. The van der Waals surface area contributed by atoms with Crippen LogP contribution >= 0.6 is 15.2 Å².